The fourth-order valence-corrected chi connectivity index (χ4v) is 0.986. The molecule has 8 heteroatoms. The summed E-state index contributed by atoms with van der Waals surface area (Å²) in [5, 5.41) is 12.6. The molecule has 1 heterocycles. The molecule has 0 aromatic carbocycles. The minimum absolute atomic E-state index is 0.0839. The van der Waals surface area contributed by atoms with Gasteiger partial charge in [-0.2, -0.15) is 0 Å². The lowest BCUT2D eigenvalue weighted by Crippen LogP contribution is -2.39. The Kier molecular flexibility index (Phi) is 4.61. The quantitative estimate of drug-likeness (QED) is 0.591. The first-order valence-corrected chi connectivity index (χ1v) is 4.84. The highest BCUT2D eigenvalue weighted by molar-refractivity contribution is 5.96. The van der Waals surface area contributed by atoms with Gasteiger partial charge in [-0.3, -0.25) is 14.4 Å². The van der Waals surface area contributed by atoms with Gasteiger partial charge in [0.2, 0.25) is 5.91 Å². The molecule has 2 amide bonds. The maximum absolute atomic E-state index is 11.4. The minimum atomic E-state index is -1.18. The molecule has 0 saturated carbocycles. The van der Waals surface area contributed by atoms with E-state index in [0.29, 0.717) is 0 Å². The maximum atomic E-state index is 11.4. The number of amides is 2. The lowest BCUT2D eigenvalue weighted by Gasteiger charge is -2.04. The summed E-state index contributed by atoms with van der Waals surface area (Å²) in [7, 11) is 0. The van der Waals surface area contributed by atoms with Gasteiger partial charge in [-0.15, -0.1) is 0 Å². The van der Waals surface area contributed by atoms with E-state index in [0.717, 1.165) is 12.3 Å². The normalized spacial score (nSPS) is 9.56. The van der Waals surface area contributed by atoms with Crippen LogP contribution in [0.3, 0.4) is 0 Å². The second-order valence-electron chi connectivity index (χ2n) is 3.20. The van der Waals surface area contributed by atoms with Crippen LogP contribution in [0.4, 0.5) is 0 Å². The molecule has 0 aliphatic rings. The molecule has 1 aromatic rings. The molecule has 1 rings (SSSR count). The highest BCUT2D eigenvalue weighted by Gasteiger charge is 2.09. The number of rotatable bonds is 5. The number of hydrogen-bond acceptors (Lipinski definition) is 5. The van der Waals surface area contributed by atoms with E-state index in [1.165, 1.54) is 6.07 Å². The number of carboxylic acid groups (broad SMARTS) is 1. The van der Waals surface area contributed by atoms with Gasteiger partial charge in [0.25, 0.3) is 5.91 Å². The fraction of sp³-hybridized carbons (Fsp3) is 0.200. The summed E-state index contributed by atoms with van der Waals surface area (Å²) in [6.07, 6.45) is 0.965. The number of carbonyl (C=O) groups is 3. The van der Waals surface area contributed by atoms with E-state index in [1.54, 1.807) is 0 Å². The molecule has 0 bridgehead atoms. The summed E-state index contributed by atoms with van der Waals surface area (Å²) in [5.74, 6) is -2.42. The SMILES string of the molecule is O=C(O)CNC(=O)CNC(=O)c1ccc(=O)oc1. The third-order valence-electron chi connectivity index (χ3n) is 1.81. The summed E-state index contributed by atoms with van der Waals surface area (Å²) >= 11 is 0. The highest BCUT2D eigenvalue weighted by Crippen LogP contribution is 1.94. The zero-order valence-electron chi connectivity index (χ0n) is 9.13. The smallest absolute Gasteiger partial charge is 0.335 e. The van der Waals surface area contributed by atoms with Crippen LogP contribution in [0.2, 0.25) is 0 Å². The van der Waals surface area contributed by atoms with Gasteiger partial charge in [0.05, 0.1) is 12.1 Å². The Hall–Kier alpha value is -2.64. The van der Waals surface area contributed by atoms with E-state index < -0.39 is 30.0 Å². The van der Waals surface area contributed by atoms with E-state index in [2.05, 4.69) is 15.1 Å². The highest BCUT2D eigenvalue weighted by atomic mass is 16.4. The van der Waals surface area contributed by atoms with Gasteiger partial charge in [-0.05, 0) is 6.07 Å². The van der Waals surface area contributed by atoms with Crippen LogP contribution >= 0.6 is 0 Å². The number of carbonyl (C=O) groups excluding carboxylic acids is 2. The van der Waals surface area contributed by atoms with Crippen LogP contribution in [-0.2, 0) is 9.59 Å². The van der Waals surface area contributed by atoms with Crippen molar-refractivity contribution in [3.05, 3.63) is 34.4 Å². The van der Waals surface area contributed by atoms with Crippen molar-refractivity contribution in [3.63, 3.8) is 0 Å². The van der Waals surface area contributed by atoms with E-state index in [4.69, 9.17) is 5.11 Å². The van der Waals surface area contributed by atoms with Crippen molar-refractivity contribution in [2.75, 3.05) is 13.1 Å². The van der Waals surface area contributed by atoms with Crippen molar-refractivity contribution >= 4 is 17.8 Å². The van der Waals surface area contributed by atoms with E-state index in [9.17, 15) is 19.2 Å². The van der Waals surface area contributed by atoms with Gasteiger partial charge >= 0.3 is 11.6 Å². The standard InChI is InChI=1S/C10H10N2O6/c13-7(11-4-8(14)15)3-12-10(17)6-1-2-9(16)18-5-6/h1-2,5H,3-4H2,(H,11,13)(H,12,17)(H,14,15). The molecule has 96 valence electrons. The Labute approximate surface area is 101 Å². The zero-order valence-corrected chi connectivity index (χ0v) is 9.13. The predicted molar refractivity (Wildman–Crippen MR) is 58.0 cm³/mol. The average Bonchev–Trinajstić information content (AvgIpc) is 2.34. The average molecular weight is 254 g/mol. The second-order valence-corrected chi connectivity index (χ2v) is 3.20. The molecule has 0 aliphatic heterocycles. The molecule has 8 nitrogen and oxygen atoms in total. The van der Waals surface area contributed by atoms with Crippen molar-refractivity contribution in [2.24, 2.45) is 0 Å². The molecule has 0 spiro atoms. The Bertz CT molecular complexity index is 501. The van der Waals surface area contributed by atoms with Crippen LogP contribution in [0.5, 0.6) is 0 Å². The molecule has 0 aliphatic carbocycles. The number of nitrogens with one attached hydrogen (secondary N) is 2. The van der Waals surface area contributed by atoms with Crippen molar-refractivity contribution in [1.82, 2.24) is 10.6 Å². The molecule has 0 radical (unpaired) electrons. The van der Waals surface area contributed by atoms with Gasteiger partial charge in [-0.25, -0.2) is 4.79 Å². The summed E-state index contributed by atoms with van der Waals surface area (Å²) in [4.78, 5) is 43.3. The van der Waals surface area contributed by atoms with Gasteiger partial charge in [0, 0.05) is 6.07 Å². The van der Waals surface area contributed by atoms with E-state index in [-0.39, 0.29) is 12.1 Å². The summed E-state index contributed by atoms with van der Waals surface area (Å²) < 4.78 is 4.47. The Morgan fingerprint density at radius 1 is 1.17 bits per heavy atom. The van der Waals surface area contributed by atoms with Gasteiger partial charge in [-0.1, -0.05) is 0 Å². The number of hydrogen-bond donors (Lipinski definition) is 3. The summed E-state index contributed by atoms with van der Waals surface area (Å²) in [6.45, 7) is -0.889. The van der Waals surface area contributed by atoms with E-state index in [1.807, 2.05) is 0 Å². The Morgan fingerprint density at radius 3 is 2.44 bits per heavy atom. The Morgan fingerprint density at radius 2 is 1.89 bits per heavy atom. The molecule has 18 heavy (non-hydrogen) atoms. The molecule has 0 saturated heterocycles. The predicted octanol–water partition coefficient (Wildman–Crippen LogP) is -1.43. The van der Waals surface area contributed by atoms with E-state index >= 15 is 0 Å². The molecule has 0 fully saturated rings. The van der Waals surface area contributed by atoms with Crippen LogP contribution in [-0.4, -0.2) is 36.0 Å². The second kappa shape index (κ2) is 6.18. The molecule has 0 unspecified atom stereocenters. The minimum Gasteiger partial charge on any atom is -0.480 e. The largest absolute Gasteiger partial charge is 0.480 e. The topological polar surface area (TPSA) is 126 Å². The lowest BCUT2D eigenvalue weighted by molar-refractivity contribution is -0.137. The van der Waals surface area contributed by atoms with Crippen molar-refractivity contribution in [1.29, 1.82) is 0 Å². The molecule has 0 atom stereocenters. The van der Waals surface area contributed by atoms with Crippen LogP contribution in [0.25, 0.3) is 0 Å². The first-order valence-electron chi connectivity index (χ1n) is 4.84. The van der Waals surface area contributed by atoms with Gasteiger partial charge in [0.15, 0.2) is 0 Å². The summed E-state index contributed by atoms with van der Waals surface area (Å²) in [5.41, 5.74) is -0.508. The van der Waals surface area contributed by atoms with Crippen LogP contribution in [0.15, 0.2) is 27.6 Å². The number of carboxylic acids is 1. The van der Waals surface area contributed by atoms with Crippen molar-refractivity contribution in [3.8, 4) is 0 Å². The van der Waals surface area contributed by atoms with Gasteiger partial charge < -0.3 is 20.2 Å². The van der Waals surface area contributed by atoms with Gasteiger partial charge in [0.1, 0.15) is 12.8 Å². The lowest BCUT2D eigenvalue weighted by atomic mass is 10.3. The zero-order chi connectivity index (χ0) is 13.5. The van der Waals surface area contributed by atoms with Crippen LogP contribution in [0.1, 0.15) is 10.4 Å². The Balaban J connectivity index is 2.41. The van der Waals surface area contributed by atoms with Crippen molar-refractivity contribution < 1.29 is 23.9 Å². The monoisotopic (exact) mass is 254 g/mol. The first-order chi connectivity index (χ1) is 8.49. The fourth-order valence-electron chi connectivity index (χ4n) is 0.986. The summed E-state index contributed by atoms with van der Waals surface area (Å²) in [6, 6.07) is 2.32. The molecular formula is C10H10N2O6. The maximum Gasteiger partial charge on any atom is 0.335 e. The third kappa shape index (κ3) is 4.47. The van der Waals surface area contributed by atoms with Crippen LogP contribution < -0.4 is 16.3 Å². The third-order valence-corrected chi connectivity index (χ3v) is 1.81. The molecule has 1 aromatic heterocycles. The molecular weight excluding hydrogens is 244 g/mol. The van der Waals surface area contributed by atoms with Crippen LogP contribution in [0, 0.1) is 0 Å². The van der Waals surface area contributed by atoms with Crippen molar-refractivity contribution in [2.45, 2.75) is 0 Å². The number of aliphatic carboxylic acids is 1. The molecule has 3 N–H and O–H groups in total. The first kappa shape index (κ1) is 13.4.